The summed E-state index contributed by atoms with van der Waals surface area (Å²) in [5, 5.41) is 8.94. The van der Waals surface area contributed by atoms with Gasteiger partial charge in [0.25, 0.3) is 0 Å². The second-order valence-electron chi connectivity index (χ2n) is 5.62. The number of hydrogen-bond donors (Lipinski definition) is 0. The van der Waals surface area contributed by atoms with Crippen molar-refractivity contribution in [2.45, 2.75) is 25.1 Å². The maximum absolute atomic E-state index is 12.6. The lowest BCUT2D eigenvalue weighted by Gasteiger charge is -2.10. The minimum absolute atomic E-state index is 0.103. The number of hydrogen-bond acceptors (Lipinski definition) is 6. The van der Waals surface area contributed by atoms with Gasteiger partial charge in [-0.05, 0) is 51.1 Å². The molecule has 0 atom stereocenters. The first kappa shape index (κ1) is 17.7. The first-order valence-corrected chi connectivity index (χ1v) is 9.59. The summed E-state index contributed by atoms with van der Waals surface area (Å²) in [6, 6.07) is 9.78. The number of ketones is 1. The second-order valence-corrected chi connectivity index (χ2v) is 8.02. The minimum atomic E-state index is 0.103. The van der Waals surface area contributed by atoms with Crippen molar-refractivity contribution >= 4 is 28.9 Å². The molecular weight excluding hydrogens is 354 g/mol. The van der Waals surface area contributed by atoms with E-state index in [2.05, 4.69) is 14.8 Å². The summed E-state index contributed by atoms with van der Waals surface area (Å²) in [6.07, 6.45) is 0. The van der Waals surface area contributed by atoms with Crippen LogP contribution in [-0.2, 0) is 0 Å². The summed E-state index contributed by atoms with van der Waals surface area (Å²) >= 11 is 2.95. The molecule has 0 radical (unpaired) electrons. The highest BCUT2D eigenvalue weighted by molar-refractivity contribution is 8.01. The molecule has 3 aromatic rings. The lowest BCUT2D eigenvalue weighted by Crippen LogP contribution is -2.05. The van der Waals surface area contributed by atoms with E-state index in [1.807, 2.05) is 51.1 Å². The van der Waals surface area contributed by atoms with Gasteiger partial charge >= 0.3 is 0 Å². The standard InChI is InChI=1S/C18H19N3O2S2/c1-11-9-16(17(22)10-24-18-20-19-13(3)25-18)12(2)21(11)14-5-7-15(23-4)8-6-14/h5-9H,10H2,1-4H3. The van der Waals surface area contributed by atoms with Crippen LogP contribution in [0.25, 0.3) is 5.69 Å². The van der Waals surface area contributed by atoms with Gasteiger partial charge in [0.1, 0.15) is 10.8 Å². The topological polar surface area (TPSA) is 57.0 Å². The zero-order valence-corrected chi connectivity index (χ0v) is 16.2. The Morgan fingerprint density at radius 3 is 2.52 bits per heavy atom. The quantitative estimate of drug-likeness (QED) is 0.478. The largest absolute Gasteiger partial charge is 0.497 e. The smallest absolute Gasteiger partial charge is 0.174 e. The highest BCUT2D eigenvalue weighted by Crippen LogP contribution is 2.26. The fraction of sp³-hybridized carbons (Fsp3) is 0.278. The summed E-state index contributed by atoms with van der Waals surface area (Å²) in [5.41, 5.74) is 3.74. The van der Waals surface area contributed by atoms with Crippen LogP contribution in [0, 0.1) is 20.8 Å². The number of methoxy groups -OCH3 is 1. The number of benzene rings is 1. The predicted molar refractivity (Wildman–Crippen MR) is 101 cm³/mol. The number of aromatic nitrogens is 3. The van der Waals surface area contributed by atoms with Crippen molar-refractivity contribution in [3.63, 3.8) is 0 Å². The molecule has 0 bridgehead atoms. The van der Waals surface area contributed by atoms with E-state index >= 15 is 0 Å². The third-order valence-corrected chi connectivity index (χ3v) is 5.87. The zero-order valence-electron chi connectivity index (χ0n) is 14.6. The van der Waals surface area contributed by atoms with Crippen LogP contribution in [-0.4, -0.2) is 33.4 Å². The van der Waals surface area contributed by atoms with Crippen molar-refractivity contribution in [2.75, 3.05) is 12.9 Å². The van der Waals surface area contributed by atoms with Gasteiger partial charge in [0.05, 0.1) is 12.9 Å². The van der Waals surface area contributed by atoms with Gasteiger partial charge in [-0.2, -0.15) is 0 Å². The van der Waals surface area contributed by atoms with Crippen LogP contribution in [0.4, 0.5) is 0 Å². The molecule has 0 aliphatic carbocycles. The molecule has 2 aromatic heterocycles. The van der Waals surface area contributed by atoms with Crippen LogP contribution in [0.2, 0.25) is 0 Å². The second kappa shape index (κ2) is 7.41. The van der Waals surface area contributed by atoms with Crippen molar-refractivity contribution in [3.05, 3.63) is 52.3 Å². The van der Waals surface area contributed by atoms with Gasteiger partial charge in [-0.25, -0.2) is 0 Å². The molecule has 25 heavy (non-hydrogen) atoms. The van der Waals surface area contributed by atoms with Gasteiger partial charge in [0.15, 0.2) is 10.1 Å². The molecule has 0 unspecified atom stereocenters. The Morgan fingerprint density at radius 1 is 1.20 bits per heavy atom. The van der Waals surface area contributed by atoms with Crippen LogP contribution < -0.4 is 4.74 Å². The molecule has 1 aromatic carbocycles. The highest BCUT2D eigenvalue weighted by atomic mass is 32.2. The maximum atomic E-state index is 12.6. The van der Waals surface area contributed by atoms with E-state index in [4.69, 9.17) is 4.74 Å². The lowest BCUT2D eigenvalue weighted by atomic mass is 10.2. The zero-order chi connectivity index (χ0) is 18.0. The first-order chi connectivity index (χ1) is 12.0. The van der Waals surface area contributed by atoms with E-state index in [0.29, 0.717) is 5.75 Å². The van der Waals surface area contributed by atoms with Gasteiger partial charge in [-0.15, -0.1) is 10.2 Å². The molecule has 3 rings (SSSR count). The summed E-state index contributed by atoms with van der Waals surface area (Å²) in [5.74, 6) is 1.28. The third kappa shape index (κ3) is 3.77. The van der Waals surface area contributed by atoms with Crippen molar-refractivity contribution < 1.29 is 9.53 Å². The normalized spacial score (nSPS) is 10.9. The Bertz CT molecular complexity index is 898. The molecule has 2 heterocycles. The number of aryl methyl sites for hydroxylation is 2. The number of nitrogens with zero attached hydrogens (tertiary/aromatic N) is 3. The van der Waals surface area contributed by atoms with Crippen molar-refractivity contribution in [1.29, 1.82) is 0 Å². The molecule has 0 fully saturated rings. The number of thioether (sulfide) groups is 1. The van der Waals surface area contributed by atoms with Gasteiger partial charge in [-0.1, -0.05) is 23.1 Å². The van der Waals surface area contributed by atoms with E-state index in [-0.39, 0.29) is 5.78 Å². The molecule has 5 nitrogen and oxygen atoms in total. The summed E-state index contributed by atoms with van der Waals surface area (Å²) in [7, 11) is 1.65. The average Bonchev–Trinajstić information content (AvgIpc) is 3.16. The molecule has 0 amide bonds. The Balaban J connectivity index is 1.81. The minimum Gasteiger partial charge on any atom is -0.497 e. The van der Waals surface area contributed by atoms with Crippen LogP contribution in [0.15, 0.2) is 34.7 Å². The van der Waals surface area contributed by atoms with Crippen LogP contribution in [0.1, 0.15) is 26.8 Å². The van der Waals surface area contributed by atoms with Gasteiger partial charge < -0.3 is 9.30 Å². The fourth-order valence-electron chi connectivity index (χ4n) is 2.72. The van der Waals surface area contributed by atoms with E-state index in [1.54, 1.807) is 7.11 Å². The van der Waals surface area contributed by atoms with Gasteiger partial charge in [0.2, 0.25) is 0 Å². The van der Waals surface area contributed by atoms with Gasteiger partial charge in [0, 0.05) is 22.6 Å². The number of Topliss-reactive ketones (excluding diaryl/α,β-unsaturated/α-hetero) is 1. The van der Waals surface area contributed by atoms with Crippen molar-refractivity contribution in [1.82, 2.24) is 14.8 Å². The molecular formula is C18H19N3O2S2. The van der Waals surface area contributed by atoms with Crippen molar-refractivity contribution in [3.8, 4) is 11.4 Å². The van der Waals surface area contributed by atoms with E-state index in [9.17, 15) is 4.79 Å². The monoisotopic (exact) mass is 373 g/mol. The maximum Gasteiger partial charge on any atom is 0.174 e. The molecule has 0 N–H and O–H groups in total. The SMILES string of the molecule is COc1ccc(-n2c(C)cc(C(=O)CSc3nnc(C)s3)c2C)cc1. The number of carbonyl (C=O) groups excluding carboxylic acids is 1. The third-order valence-electron chi connectivity index (χ3n) is 3.90. The first-order valence-electron chi connectivity index (χ1n) is 7.79. The lowest BCUT2D eigenvalue weighted by molar-refractivity contribution is 0.102. The van der Waals surface area contributed by atoms with Crippen molar-refractivity contribution in [2.24, 2.45) is 0 Å². The number of rotatable bonds is 6. The van der Waals surface area contributed by atoms with E-state index < -0.39 is 0 Å². The molecule has 0 saturated heterocycles. The summed E-state index contributed by atoms with van der Waals surface area (Å²) in [4.78, 5) is 12.6. The molecule has 0 spiro atoms. The Morgan fingerprint density at radius 2 is 1.92 bits per heavy atom. The highest BCUT2D eigenvalue weighted by Gasteiger charge is 2.17. The molecule has 0 aliphatic heterocycles. The molecule has 0 aliphatic rings. The summed E-state index contributed by atoms with van der Waals surface area (Å²) < 4.78 is 8.13. The van der Waals surface area contributed by atoms with Crippen LogP contribution in [0.5, 0.6) is 5.75 Å². The van der Waals surface area contributed by atoms with E-state index in [1.165, 1.54) is 23.1 Å². The van der Waals surface area contributed by atoms with Crippen LogP contribution in [0.3, 0.4) is 0 Å². The predicted octanol–water partition coefficient (Wildman–Crippen LogP) is 4.24. The Kier molecular flexibility index (Phi) is 5.24. The van der Waals surface area contributed by atoms with E-state index in [0.717, 1.165) is 37.7 Å². The molecule has 0 saturated carbocycles. The Hall–Kier alpha value is -2.12. The average molecular weight is 374 g/mol. The fourth-order valence-corrected chi connectivity index (χ4v) is 4.41. The number of carbonyl (C=O) groups is 1. The van der Waals surface area contributed by atoms with Gasteiger partial charge in [-0.3, -0.25) is 4.79 Å². The summed E-state index contributed by atoms with van der Waals surface area (Å²) in [6.45, 7) is 5.89. The number of ether oxygens (including phenoxy) is 1. The Labute approximate surface area is 155 Å². The molecule has 7 heteroatoms. The van der Waals surface area contributed by atoms with Crippen LogP contribution >= 0.6 is 23.1 Å². The molecule has 130 valence electrons.